The van der Waals surface area contributed by atoms with E-state index in [9.17, 15) is 0 Å². The van der Waals surface area contributed by atoms with Crippen molar-refractivity contribution in [2.24, 2.45) is 0 Å². The number of aromatic nitrogens is 2. The highest BCUT2D eigenvalue weighted by Gasteiger charge is 2.16. The third-order valence-electron chi connectivity index (χ3n) is 3.87. The van der Waals surface area contributed by atoms with E-state index in [-0.39, 0.29) is 0 Å². The maximum Gasteiger partial charge on any atom is 0.143 e. The first-order valence-corrected chi connectivity index (χ1v) is 10.2. The van der Waals surface area contributed by atoms with E-state index in [0.29, 0.717) is 0 Å². The molecule has 0 spiro atoms. The number of benzene rings is 2. The highest BCUT2D eigenvalue weighted by molar-refractivity contribution is 8.01. The van der Waals surface area contributed by atoms with E-state index < -0.39 is 0 Å². The monoisotopic (exact) mass is 410 g/mol. The molecule has 4 rings (SSSR count). The van der Waals surface area contributed by atoms with Crippen molar-refractivity contribution in [3.8, 4) is 27.7 Å². The Hall–Kier alpha value is -2.34. The fourth-order valence-corrected chi connectivity index (χ4v) is 4.88. The van der Waals surface area contributed by atoms with Crippen LogP contribution in [0.15, 0.2) is 82.0 Å². The largest absolute Gasteiger partial charge is 0.497 e. The summed E-state index contributed by atoms with van der Waals surface area (Å²) in [5, 5.41) is 1.63. The second-order valence-corrected chi connectivity index (χ2v) is 8.43. The molecule has 0 atom stereocenters. The predicted octanol–water partition coefficient (Wildman–Crippen LogP) is 6.69. The average Bonchev–Trinajstić information content (AvgIpc) is 3.14. The van der Waals surface area contributed by atoms with Crippen LogP contribution in [-0.2, 0) is 0 Å². The van der Waals surface area contributed by atoms with E-state index >= 15 is 0 Å². The van der Waals surface area contributed by atoms with Crippen molar-refractivity contribution in [2.75, 3.05) is 7.11 Å². The van der Waals surface area contributed by atoms with E-state index in [4.69, 9.17) is 21.3 Å². The number of halogens is 1. The van der Waals surface area contributed by atoms with Crippen LogP contribution in [0.25, 0.3) is 22.0 Å². The summed E-state index contributed by atoms with van der Waals surface area (Å²) < 4.78 is 6.39. The molecule has 0 N–H and O–H groups in total. The van der Waals surface area contributed by atoms with Gasteiger partial charge in [-0.2, -0.15) is 0 Å². The Labute approximate surface area is 171 Å². The van der Waals surface area contributed by atoms with E-state index in [2.05, 4.69) is 4.98 Å². The molecule has 0 saturated heterocycles. The van der Waals surface area contributed by atoms with Crippen LogP contribution in [-0.4, -0.2) is 17.1 Å². The number of hydrogen-bond acceptors (Lipinski definition) is 5. The van der Waals surface area contributed by atoms with Crippen LogP contribution < -0.4 is 4.74 Å². The quantitative estimate of drug-likeness (QED) is 0.367. The molecule has 0 amide bonds. The third-order valence-corrected chi connectivity index (χ3v) is 6.38. The number of ether oxygens (including phenoxy) is 1. The molecule has 0 fully saturated rings. The fraction of sp³-hybridized carbons (Fsp3) is 0.0476. The maximum absolute atomic E-state index is 6.02. The van der Waals surface area contributed by atoms with Crippen molar-refractivity contribution in [2.45, 2.75) is 9.10 Å². The highest BCUT2D eigenvalue weighted by atomic mass is 35.5. The molecule has 27 heavy (non-hydrogen) atoms. The molecular weight excluding hydrogens is 396 g/mol. The van der Waals surface area contributed by atoms with Crippen LogP contribution in [0.4, 0.5) is 0 Å². The van der Waals surface area contributed by atoms with Crippen LogP contribution in [0.2, 0.25) is 5.02 Å². The zero-order chi connectivity index (χ0) is 18.6. The van der Waals surface area contributed by atoms with Gasteiger partial charge in [0.05, 0.1) is 22.7 Å². The number of hydrogen-bond donors (Lipinski definition) is 0. The summed E-state index contributed by atoms with van der Waals surface area (Å²) >= 11 is 9.34. The molecule has 2 heterocycles. The Bertz CT molecular complexity index is 1030. The van der Waals surface area contributed by atoms with E-state index in [0.717, 1.165) is 41.8 Å². The summed E-state index contributed by atoms with van der Waals surface area (Å²) in [5.74, 6) is 0.825. The smallest absolute Gasteiger partial charge is 0.143 e. The fourth-order valence-electron chi connectivity index (χ4n) is 2.52. The lowest BCUT2D eigenvalue weighted by molar-refractivity contribution is 0.415. The van der Waals surface area contributed by atoms with Gasteiger partial charge in [0.25, 0.3) is 0 Å². The Morgan fingerprint density at radius 2 is 1.74 bits per heavy atom. The second-order valence-electron chi connectivity index (χ2n) is 5.65. The average molecular weight is 411 g/mol. The summed E-state index contributed by atoms with van der Waals surface area (Å²) in [6.07, 6.45) is 1.79. The lowest BCUT2D eigenvalue weighted by atomic mass is 10.2. The van der Waals surface area contributed by atoms with Crippen LogP contribution in [0.5, 0.6) is 5.75 Å². The molecule has 0 unspecified atom stereocenters. The third kappa shape index (κ3) is 4.16. The molecule has 0 saturated carbocycles. The molecule has 0 aliphatic carbocycles. The van der Waals surface area contributed by atoms with E-state index in [1.807, 2.05) is 66.7 Å². The molecule has 0 bridgehead atoms. The van der Waals surface area contributed by atoms with Crippen molar-refractivity contribution in [3.63, 3.8) is 0 Å². The molecule has 134 valence electrons. The zero-order valence-electron chi connectivity index (χ0n) is 14.4. The number of nitrogens with zero attached hydrogens (tertiary/aromatic N) is 2. The van der Waals surface area contributed by atoms with E-state index in [1.54, 1.807) is 36.4 Å². The normalized spacial score (nSPS) is 10.7. The molecular formula is C21H15ClN2OS2. The van der Waals surface area contributed by atoms with Crippen LogP contribution in [0, 0.1) is 0 Å². The van der Waals surface area contributed by atoms with Gasteiger partial charge >= 0.3 is 0 Å². The summed E-state index contributed by atoms with van der Waals surface area (Å²) in [6, 6.07) is 21.7. The van der Waals surface area contributed by atoms with Crippen molar-refractivity contribution < 1.29 is 4.74 Å². The topological polar surface area (TPSA) is 35.0 Å². The SMILES string of the molecule is COc1ccc(-c2nc(-c3ccccn3)sc2Sc2ccc(Cl)cc2)cc1. The van der Waals surface area contributed by atoms with Crippen molar-refractivity contribution in [1.29, 1.82) is 0 Å². The van der Waals surface area contributed by atoms with E-state index in [1.165, 1.54) is 0 Å². The van der Waals surface area contributed by atoms with Crippen molar-refractivity contribution in [1.82, 2.24) is 9.97 Å². The Morgan fingerprint density at radius 1 is 0.963 bits per heavy atom. The Balaban J connectivity index is 1.76. The minimum atomic E-state index is 0.730. The van der Waals surface area contributed by atoms with Gasteiger partial charge in [-0.15, -0.1) is 11.3 Å². The first-order chi connectivity index (χ1) is 13.2. The lowest BCUT2D eigenvalue weighted by Gasteiger charge is -2.04. The molecule has 0 aliphatic heterocycles. The minimum absolute atomic E-state index is 0.730. The van der Waals surface area contributed by atoms with Gasteiger partial charge in [-0.05, 0) is 60.7 Å². The zero-order valence-corrected chi connectivity index (χ0v) is 16.8. The Morgan fingerprint density at radius 3 is 2.41 bits per heavy atom. The minimum Gasteiger partial charge on any atom is -0.497 e. The summed E-state index contributed by atoms with van der Waals surface area (Å²) in [6.45, 7) is 0. The molecule has 2 aromatic heterocycles. The Kier molecular flexibility index (Phi) is 5.43. The summed E-state index contributed by atoms with van der Waals surface area (Å²) in [5.41, 5.74) is 2.87. The van der Waals surface area contributed by atoms with Gasteiger partial charge in [0.2, 0.25) is 0 Å². The second kappa shape index (κ2) is 8.13. The van der Waals surface area contributed by atoms with Gasteiger partial charge in [0.1, 0.15) is 10.8 Å². The van der Waals surface area contributed by atoms with Crippen LogP contribution in [0.1, 0.15) is 0 Å². The first kappa shape index (κ1) is 18.0. The number of pyridine rings is 1. The molecule has 2 aromatic carbocycles. The van der Waals surface area contributed by atoms with Gasteiger partial charge in [0.15, 0.2) is 0 Å². The van der Waals surface area contributed by atoms with Gasteiger partial charge in [-0.1, -0.05) is 29.4 Å². The molecule has 0 aliphatic rings. The molecule has 4 aromatic rings. The molecule has 6 heteroatoms. The van der Waals surface area contributed by atoms with Crippen molar-refractivity contribution >= 4 is 34.7 Å². The van der Waals surface area contributed by atoms with Crippen molar-refractivity contribution in [3.05, 3.63) is 77.9 Å². The van der Waals surface area contributed by atoms with Crippen LogP contribution >= 0.6 is 34.7 Å². The van der Waals surface area contributed by atoms with Gasteiger partial charge in [0, 0.05) is 21.7 Å². The number of methoxy groups -OCH3 is 1. The molecule has 0 radical (unpaired) electrons. The standard InChI is InChI=1S/C21H15ClN2OS2/c1-25-16-9-5-14(6-10-16)19-21(26-17-11-7-15(22)8-12-17)27-20(24-19)18-4-2-3-13-23-18/h2-13H,1H3. The maximum atomic E-state index is 6.02. The summed E-state index contributed by atoms with van der Waals surface area (Å²) in [7, 11) is 1.67. The van der Waals surface area contributed by atoms with Gasteiger partial charge in [-0.3, -0.25) is 4.98 Å². The molecule has 3 nitrogen and oxygen atoms in total. The number of thiazole rings is 1. The summed E-state index contributed by atoms with van der Waals surface area (Å²) in [4.78, 5) is 10.4. The number of rotatable bonds is 5. The van der Waals surface area contributed by atoms with Crippen LogP contribution in [0.3, 0.4) is 0 Å². The lowest BCUT2D eigenvalue weighted by Crippen LogP contribution is -1.85. The first-order valence-electron chi connectivity index (χ1n) is 8.23. The highest BCUT2D eigenvalue weighted by Crippen LogP contribution is 2.43. The van der Waals surface area contributed by atoms with Gasteiger partial charge in [-0.25, -0.2) is 4.98 Å². The predicted molar refractivity (Wildman–Crippen MR) is 113 cm³/mol. The van der Waals surface area contributed by atoms with Gasteiger partial charge < -0.3 is 4.74 Å².